The molecule has 1 aliphatic heterocycles. The molecule has 0 unspecified atom stereocenters. The molecule has 1 aromatic heterocycles. The highest BCUT2D eigenvalue weighted by atomic mass is 35.5. The highest BCUT2D eigenvalue weighted by molar-refractivity contribution is 7.13. The van der Waals surface area contributed by atoms with Crippen molar-refractivity contribution in [1.29, 1.82) is 5.26 Å². The van der Waals surface area contributed by atoms with Crippen molar-refractivity contribution < 1.29 is 38.5 Å². The van der Waals surface area contributed by atoms with Gasteiger partial charge in [0.15, 0.2) is 0 Å². The number of aromatic nitrogens is 1. The highest BCUT2D eigenvalue weighted by Gasteiger charge is 2.64. The fourth-order valence-electron chi connectivity index (χ4n) is 9.96. The number of aryl methyl sites for hydroxylation is 1. The zero-order valence-corrected chi connectivity index (χ0v) is 44.4. The number of thiazole rings is 1. The Hall–Kier alpha value is -5.57. The van der Waals surface area contributed by atoms with Crippen LogP contribution >= 0.6 is 22.9 Å². The van der Waals surface area contributed by atoms with Gasteiger partial charge in [0.2, 0.25) is 11.8 Å². The summed E-state index contributed by atoms with van der Waals surface area (Å²) in [4.78, 5) is 63.7. The van der Waals surface area contributed by atoms with Gasteiger partial charge in [-0.05, 0) is 102 Å². The molecule has 3 aromatic carbocycles. The first-order valence-corrected chi connectivity index (χ1v) is 25.5. The Labute approximate surface area is 427 Å². The van der Waals surface area contributed by atoms with Crippen molar-refractivity contribution in [3.63, 3.8) is 0 Å². The van der Waals surface area contributed by atoms with Gasteiger partial charge in [-0.25, -0.2) is 9.78 Å². The van der Waals surface area contributed by atoms with E-state index in [-0.39, 0.29) is 54.5 Å². The zero-order valence-electron chi connectivity index (χ0n) is 42.8. The second-order valence-electron chi connectivity index (χ2n) is 21.1. The van der Waals surface area contributed by atoms with Gasteiger partial charge < -0.3 is 45.1 Å². The van der Waals surface area contributed by atoms with E-state index in [0.29, 0.717) is 34.9 Å². The van der Waals surface area contributed by atoms with Crippen LogP contribution in [0.2, 0.25) is 5.02 Å². The smallest absolute Gasteiger partial charge is 0.408 e. The van der Waals surface area contributed by atoms with Crippen LogP contribution in [0.25, 0.3) is 10.4 Å². The van der Waals surface area contributed by atoms with E-state index in [1.54, 1.807) is 57.2 Å². The maximum atomic E-state index is 14.3. The highest BCUT2D eigenvalue weighted by Crippen LogP contribution is 2.55. The Morgan fingerprint density at radius 3 is 2.28 bits per heavy atom. The molecule has 5 atom stereocenters. The van der Waals surface area contributed by atoms with Crippen LogP contribution < -0.4 is 20.7 Å². The summed E-state index contributed by atoms with van der Waals surface area (Å²) in [5, 5.41) is 29.3. The van der Waals surface area contributed by atoms with Crippen LogP contribution in [0.5, 0.6) is 5.75 Å². The third-order valence-corrected chi connectivity index (χ3v) is 14.8. The Bertz CT molecular complexity index is 2540. The molecular weight excluding hydrogens is 942 g/mol. The van der Waals surface area contributed by atoms with Gasteiger partial charge in [0.1, 0.15) is 35.6 Å². The van der Waals surface area contributed by atoms with Crippen LogP contribution in [-0.2, 0) is 25.5 Å². The summed E-state index contributed by atoms with van der Waals surface area (Å²) in [7, 11) is 2.01. The van der Waals surface area contributed by atoms with Crippen LogP contribution in [0, 0.1) is 29.1 Å². The number of ether oxygens (including phenoxy) is 3. The average molecular weight is 1010 g/mol. The second-order valence-corrected chi connectivity index (χ2v) is 22.4. The molecule has 17 heteroatoms. The van der Waals surface area contributed by atoms with Gasteiger partial charge in [-0.3, -0.25) is 14.4 Å². The average Bonchev–Trinajstić information content (AvgIpc) is 3.93. The SMILES string of the molecule is Cc1ncsc1-c1ccc([C@H](C)NC(=O)[C@@H]2C[C@@H](O)CN2C(=O)[C@@H](NC(=O)OC(C)(C)C)[C@@H](C)OCCCN(C)CCc2ccc(C(=O)N[C@H]3C(C)(C)[C@H](Oc4ccc(C#N)c(Cl)c4)C3(C)C)cc2)cc1. The summed E-state index contributed by atoms with van der Waals surface area (Å²) in [5.41, 5.74) is 5.09. The molecule has 382 valence electrons. The van der Waals surface area contributed by atoms with Crippen molar-refractivity contribution >= 4 is 46.8 Å². The summed E-state index contributed by atoms with van der Waals surface area (Å²) >= 11 is 7.83. The van der Waals surface area contributed by atoms with Gasteiger partial charge in [-0.15, -0.1) is 11.3 Å². The normalized spacial score (nSPS) is 20.5. The number of nitrogens with zero attached hydrogens (tertiary/aromatic N) is 4. The number of hydrogen-bond acceptors (Lipinski definition) is 12. The standard InChI is InChI=1S/C54H70ClN7O8S/c1-32(36-17-19-37(20-18-36)45-33(2)57-31-71-45)58-47(65)43-27-40(63)30-62(43)48(66)44(59-51(67)70-52(4,5)6)34(3)68-26-12-24-61(11)25-23-35-13-15-38(16-14-35)46(64)60-49-53(7,8)50(54(49,9)10)69-41-22-21-39(29-56)42(55)28-41/h13-22,28,31-32,34,40,43-44,49-50,63H,12,23-27,30H2,1-11H3,(H,58,65)(H,59,67)(H,60,64)/t32-,34+,40+,43-,44-,49-,50-/m0/s1. The number of halogens is 1. The maximum absolute atomic E-state index is 14.3. The van der Waals surface area contributed by atoms with Crippen molar-refractivity contribution in [1.82, 2.24) is 30.7 Å². The molecule has 1 saturated heterocycles. The van der Waals surface area contributed by atoms with Crippen molar-refractivity contribution in [2.24, 2.45) is 10.8 Å². The summed E-state index contributed by atoms with van der Waals surface area (Å²) in [6.45, 7) is 20.6. The van der Waals surface area contributed by atoms with Gasteiger partial charge in [0.05, 0.1) is 44.9 Å². The number of aliphatic hydroxyl groups excluding tert-OH is 1. The molecule has 4 aromatic rings. The van der Waals surface area contributed by atoms with E-state index < -0.39 is 47.8 Å². The van der Waals surface area contributed by atoms with Crippen molar-refractivity contribution in [3.05, 3.63) is 105 Å². The number of hydrogen-bond donors (Lipinski definition) is 4. The van der Waals surface area contributed by atoms with Gasteiger partial charge in [0.25, 0.3) is 5.91 Å². The van der Waals surface area contributed by atoms with E-state index in [1.807, 2.05) is 74.9 Å². The summed E-state index contributed by atoms with van der Waals surface area (Å²) in [5.74, 6) is -0.552. The number of nitrogens with one attached hydrogen (secondary N) is 3. The number of carbonyl (C=O) groups is 4. The van der Waals surface area contributed by atoms with Crippen molar-refractivity contribution in [2.75, 3.05) is 33.3 Å². The molecule has 71 heavy (non-hydrogen) atoms. The number of carbonyl (C=O) groups excluding carboxylic acids is 4. The molecule has 15 nitrogen and oxygen atoms in total. The molecule has 2 fully saturated rings. The monoisotopic (exact) mass is 1010 g/mol. The van der Waals surface area contributed by atoms with E-state index >= 15 is 0 Å². The quantitative estimate of drug-likeness (QED) is 0.0661. The fraction of sp³-hybridized carbons (Fsp3) is 0.519. The molecule has 4 N–H and O–H groups in total. The lowest BCUT2D eigenvalue weighted by molar-refractivity contribution is -0.164. The molecule has 0 radical (unpaired) electrons. The topological polar surface area (TPSA) is 195 Å². The molecule has 1 saturated carbocycles. The lowest BCUT2D eigenvalue weighted by atomic mass is 9.49. The number of alkyl carbamates (subject to hydrolysis) is 1. The van der Waals surface area contributed by atoms with Gasteiger partial charge in [0, 0.05) is 61.2 Å². The first kappa shape index (κ1) is 54.8. The predicted octanol–water partition coefficient (Wildman–Crippen LogP) is 8.26. The number of amides is 4. The third-order valence-electron chi connectivity index (χ3n) is 13.5. The Kier molecular flexibility index (Phi) is 17.6. The van der Waals surface area contributed by atoms with Crippen LogP contribution in [0.4, 0.5) is 4.79 Å². The summed E-state index contributed by atoms with van der Waals surface area (Å²) < 4.78 is 18.1. The molecule has 2 heterocycles. The number of likely N-dealkylation sites (tertiary alicyclic amines) is 1. The van der Waals surface area contributed by atoms with E-state index in [2.05, 4.69) is 59.6 Å². The Morgan fingerprint density at radius 2 is 1.68 bits per heavy atom. The number of aliphatic hydroxyl groups is 1. The Balaban J connectivity index is 0.978. The lowest BCUT2D eigenvalue weighted by Gasteiger charge is -2.63. The molecule has 1 aliphatic carbocycles. The molecule has 4 amide bonds. The van der Waals surface area contributed by atoms with Crippen LogP contribution in [0.1, 0.15) is 114 Å². The maximum Gasteiger partial charge on any atom is 0.408 e. The Morgan fingerprint density at radius 1 is 1.00 bits per heavy atom. The van der Waals surface area contributed by atoms with E-state index in [0.717, 1.165) is 40.2 Å². The van der Waals surface area contributed by atoms with E-state index in [1.165, 1.54) is 4.90 Å². The molecule has 2 aliphatic rings. The van der Waals surface area contributed by atoms with Gasteiger partial charge >= 0.3 is 6.09 Å². The van der Waals surface area contributed by atoms with Gasteiger partial charge in [-0.1, -0.05) is 75.7 Å². The number of benzene rings is 3. The number of likely N-dealkylation sites (N-methyl/N-ethyl adjacent to an activating group) is 1. The van der Waals surface area contributed by atoms with Crippen LogP contribution in [0.3, 0.4) is 0 Å². The largest absolute Gasteiger partial charge is 0.489 e. The van der Waals surface area contributed by atoms with E-state index in [4.69, 9.17) is 25.8 Å². The number of β-amino-alcohol motifs (C(OH)–C–C–N with tert-alkyl or cyclic N) is 1. The minimum absolute atomic E-state index is 0.0443. The second kappa shape index (κ2) is 22.9. The summed E-state index contributed by atoms with van der Waals surface area (Å²) in [6.07, 6.45) is -1.33. The molecular formula is C54H70ClN7O8S. The third kappa shape index (κ3) is 13.5. The van der Waals surface area contributed by atoms with Crippen molar-refractivity contribution in [2.45, 2.75) is 137 Å². The molecule has 6 rings (SSSR count). The number of nitriles is 1. The van der Waals surface area contributed by atoms with Crippen LogP contribution in [-0.4, -0.2) is 119 Å². The van der Waals surface area contributed by atoms with Crippen LogP contribution in [0.15, 0.2) is 72.2 Å². The number of rotatable bonds is 19. The van der Waals surface area contributed by atoms with Crippen molar-refractivity contribution in [3.8, 4) is 22.3 Å². The zero-order chi connectivity index (χ0) is 52.0. The van der Waals surface area contributed by atoms with Gasteiger partial charge in [-0.2, -0.15) is 5.26 Å². The first-order chi connectivity index (χ1) is 33.4. The fourth-order valence-corrected chi connectivity index (χ4v) is 11.0. The van der Waals surface area contributed by atoms with E-state index in [9.17, 15) is 29.5 Å². The summed E-state index contributed by atoms with van der Waals surface area (Å²) in [6, 6.07) is 19.9. The molecule has 0 bridgehead atoms. The minimum Gasteiger partial charge on any atom is -0.489 e. The molecule has 0 spiro atoms. The predicted molar refractivity (Wildman–Crippen MR) is 275 cm³/mol. The lowest BCUT2D eigenvalue weighted by Crippen LogP contribution is -2.74. The first-order valence-electron chi connectivity index (χ1n) is 24.2. The minimum atomic E-state index is -1.20.